The lowest BCUT2D eigenvalue weighted by Crippen LogP contribution is -2.60. The number of carbonyl (C=O) groups excluding carboxylic acids is 6. The second kappa shape index (κ2) is 18.3. The number of hydrogen-bond acceptors (Lipinski definition) is 9. The summed E-state index contributed by atoms with van der Waals surface area (Å²) in [5.74, 6) is -12.2. The van der Waals surface area contributed by atoms with Crippen LogP contribution >= 0.6 is 0 Å². The number of benzene rings is 2. The van der Waals surface area contributed by atoms with Crippen molar-refractivity contribution in [1.82, 2.24) is 36.1 Å². The number of aromatic nitrogens is 2. The van der Waals surface area contributed by atoms with E-state index in [-0.39, 0.29) is 31.5 Å². The van der Waals surface area contributed by atoms with Crippen LogP contribution < -0.4 is 21.3 Å². The van der Waals surface area contributed by atoms with Crippen molar-refractivity contribution < 1.29 is 42.7 Å². The van der Waals surface area contributed by atoms with Gasteiger partial charge in [-0.2, -0.15) is 8.78 Å². The summed E-state index contributed by atoms with van der Waals surface area (Å²) >= 11 is 0. The minimum Gasteiger partial charge on any atom is -0.391 e. The predicted molar refractivity (Wildman–Crippen MR) is 198 cm³/mol. The van der Waals surface area contributed by atoms with E-state index in [9.17, 15) is 33.9 Å². The maximum absolute atomic E-state index is 15.5. The van der Waals surface area contributed by atoms with Crippen LogP contribution in [-0.4, -0.2) is 98.0 Å². The molecule has 2 aromatic carbocycles. The normalized spacial score (nSPS) is 18.0. The molecule has 0 spiro atoms. The van der Waals surface area contributed by atoms with E-state index in [1.54, 1.807) is 52.8 Å². The first-order valence-electron chi connectivity index (χ1n) is 18.3. The molecule has 16 heteroatoms. The van der Waals surface area contributed by atoms with E-state index in [1.165, 1.54) is 25.5 Å². The number of halogens is 2. The monoisotopic (exact) mass is 765 g/mol. The summed E-state index contributed by atoms with van der Waals surface area (Å²) in [7, 11) is 0. The van der Waals surface area contributed by atoms with Gasteiger partial charge in [0.15, 0.2) is 0 Å². The molecular weight excluding hydrogens is 716 g/mol. The average Bonchev–Trinajstić information content (AvgIpc) is 3.56. The summed E-state index contributed by atoms with van der Waals surface area (Å²) in [6.45, 7) is 9.49. The van der Waals surface area contributed by atoms with Crippen LogP contribution in [0.15, 0.2) is 61.1 Å². The number of hydrogen-bond donors (Lipinski definition) is 5. The Labute approximate surface area is 318 Å². The lowest BCUT2D eigenvalue weighted by molar-refractivity contribution is -0.161. The molecule has 14 nitrogen and oxygen atoms in total. The maximum atomic E-state index is 15.5. The Morgan fingerprint density at radius 2 is 1.56 bits per heavy atom. The van der Waals surface area contributed by atoms with Crippen LogP contribution in [0.25, 0.3) is 10.8 Å². The molecular formula is C39H49F2N7O7. The van der Waals surface area contributed by atoms with Crippen molar-refractivity contribution in [2.45, 2.75) is 103 Å². The van der Waals surface area contributed by atoms with Crippen LogP contribution in [-0.2, 0) is 24.0 Å². The number of aliphatic hydroxyl groups is 1. The predicted octanol–water partition coefficient (Wildman–Crippen LogP) is 2.85. The van der Waals surface area contributed by atoms with E-state index in [4.69, 9.17) is 0 Å². The Hall–Kier alpha value is -5.38. The van der Waals surface area contributed by atoms with Crippen LogP contribution in [0.3, 0.4) is 0 Å². The molecule has 0 bridgehead atoms. The zero-order chi connectivity index (χ0) is 40.6. The summed E-state index contributed by atoms with van der Waals surface area (Å²) in [5, 5.41) is 22.1. The number of fused-ring (bicyclic) bond motifs is 1. The molecule has 0 saturated carbocycles. The van der Waals surface area contributed by atoms with Gasteiger partial charge < -0.3 is 31.3 Å². The van der Waals surface area contributed by atoms with Crippen LogP contribution in [0.5, 0.6) is 0 Å². The van der Waals surface area contributed by atoms with E-state index in [1.807, 2.05) is 24.3 Å². The molecule has 6 atom stereocenters. The molecule has 1 aromatic heterocycles. The molecule has 1 aliphatic rings. The first-order chi connectivity index (χ1) is 26.0. The summed E-state index contributed by atoms with van der Waals surface area (Å²) in [4.78, 5) is 88.9. The van der Waals surface area contributed by atoms with Crippen molar-refractivity contribution in [3.8, 4) is 0 Å². The van der Waals surface area contributed by atoms with Gasteiger partial charge in [-0.05, 0) is 47.6 Å². The standard InChI is InChI=1S/C39H49F2N7O7/c1-7-10-28(33(50)39(40,41)38(55)44-23(6)25-14-13-24-11-8-9-12-26(24)17-25)45-35(52)30-18-27(49)20-48(30)37(54)32(22(4)5)47-36(53)31(21(2)3)46-34(51)29-19-42-15-16-43-29/h8-9,11-17,19,21-23,27-28,30-32,49H,7,10,18,20H2,1-6H3,(H,44,55)(H,45,52)(H,46,51)(H,47,53)/t23-,27+,28-,30-,31-,32-/m0/s1. The maximum Gasteiger partial charge on any atom is 0.383 e. The Balaban J connectivity index is 1.46. The minimum absolute atomic E-state index is 0.0221. The average molecular weight is 766 g/mol. The van der Waals surface area contributed by atoms with Crippen LogP contribution in [0.4, 0.5) is 8.78 Å². The molecule has 1 fully saturated rings. The van der Waals surface area contributed by atoms with E-state index in [0.29, 0.717) is 5.56 Å². The molecule has 0 radical (unpaired) electrons. The largest absolute Gasteiger partial charge is 0.391 e. The van der Waals surface area contributed by atoms with Gasteiger partial charge in [-0.25, -0.2) is 4.98 Å². The highest BCUT2D eigenvalue weighted by atomic mass is 19.3. The molecule has 2 heterocycles. The SMILES string of the molecule is CCC[C@H](NC(=O)[C@@H]1C[C@@H](O)CN1C(=O)[C@@H](NC(=O)[C@@H](NC(=O)c1cnccn1)C(C)C)C(C)C)C(=O)C(F)(F)C(=O)N[C@@H](C)c1ccc2ccccc2c1. The number of Topliss-reactive ketones (excluding diaryl/α,β-unsaturated/α-hetero) is 1. The highest BCUT2D eigenvalue weighted by molar-refractivity contribution is 6.11. The summed E-state index contributed by atoms with van der Waals surface area (Å²) in [6, 6.07) is 6.24. The summed E-state index contributed by atoms with van der Waals surface area (Å²) in [5.41, 5.74) is 0.520. The summed E-state index contributed by atoms with van der Waals surface area (Å²) < 4.78 is 31.1. The number of ketones is 1. The molecule has 296 valence electrons. The first kappa shape index (κ1) is 42.4. The topological polar surface area (TPSA) is 200 Å². The molecule has 55 heavy (non-hydrogen) atoms. The van der Waals surface area contributed by atoms with Gasteiger partial charge in [-0.1, -0.05) is 77.4 Å². The third-order valence-electron chi connectivity index (χ3n) is 9.55. The van der Waals surface area contributed by atoms with Crippen molar-refractivity contribution in [3.63, 3.8) is 0 Å². The molecule has 1 aliphatic heterocycles. The zero-order valence-corrected chi connectivity index (χ0v) is 31.7. The lowest BCUT2D eigenvalue weighted by atomic mass is 9.98. The quantitative estimate of drug-likeness (QED) is 0.136. The number of rotatable bonds is 16. The zero-order valence-electron chi connectivity index (χ0n) is 31.7. The smallest absolute Gasteiger partial charge is 0.383 e. The van der Waals surface area contributed by atoms with Gasteiger partial charge in [0, 0.05) is 25.4 Å². The molecule has 5 amide bonds. The number of nitrogens with zero attached hydrogens (tertiary/aromatic N) is 3. The second-order valence-corrected chi connectivity index (χ2v) is 14.5. The number of β-amino-alcohol motifs (C(OH)–C–C–N with tert-alkyl or cyclic N) is 1. The number of aliphatic hydroxyl groups excluding tert-OH is 1. The van der Waals surface area contributed by atoms with Gasteiger partial charge in [0.25, 0.3) is 11.8 Å². The van der Waals surface area contributed by atoms with Crippen LogP contribution in [0, 0.1) is 11.8 Å². The fraction of sp³-hybridized carbons (Fsp3) is 0.487. The fourth-order valence-corrected chi connectivity index (χ4v) is 6.41. The number of likely N-dealkylation sites (tertiary alicyclic amines) is 1. The highest BCUT2D eigenvalue weighted by Crippen LogP contribution is 2.26. The van der Waals surface area contributed by atoms with E-state index in [0.717, 1.165) is 15.7 Å². The Kier molecular flexibility index (Phi) is 14.1. The van der Waals surface area contributed by atoms with Crippen LogP contribution in [0.2, 0.25) is 0 Å². The van der Waals surface area contributed by atoms with Gasteiger partial charge in [-0.3, -0.25) is 33.8 Å². The first-order valence-corrected chi connectivity index (χ1v) is 18.3. The Bertz CT molecular complexity index is 1880. The molecule has 3 aromatic rings. The van der Waals surface area contributed by atoms with Crippen molar-refractivity contribution in [1.29, 1.82) is 0 Å². The number of carbonyl (C=O) groups is 6. The number of amides is 5. The van der Waals surface area contributed by atoms with Crippen molar-refractivity contribution >= 4 is 46.1 Å². The summed E-state index contributed by atoms with van der Waals surface area (Å²) in [6.07, 6.45) is 2.44. The van der Waals surface area contributed by atoms with Gasteiger partial charge >= 0.3 is 5.92 Å². The van der Waals surface area contributed by atoms with E-state index in [2.05, 4.69) is 31.2 Å². The van der Waals surface area contributed by atoms with E-state index >= 15 is 8.78 Å². The molecule has 1 saturated heterocycles. The third kappa shape index (κ3) is 10.2. The third-order valence-corrected chi connectivity index (χ3v) is 9.55. The molecule has 5 N–H and O–H groups in total. The number of alkyl halides is 2. The van der Waals surface area contributed by atoms with Crippen molar-refractivity contribution in [2.75, 3.05) is 6.54 Å². The molecule has 0 unspecified atom stereocenters. The van der Waals surface area contributed by atoms with Crippen molar-refractivity contribution in [2.24, 2.45) is 11.8 Å². The number of nitrogens with one attached hydrogen (secondary N) is 4. The van der Waals surface area contributed by atoms with Gasteiger partial charge in [0.05, 0.1) is 24.4 Å². The van der Waals surface area contributed by atoms with E-state index < -0.39 is 89.4 Å². The molecule has 0 aliphatic carbocycles. The van der Waals surface area contributed by atoms with Crippen LogP contribution in [0.1, 0.15) is 82.9 Å². The highest BCUT2D eigenvalue weighted by Gasteiger charge is 2.51. The Morgan fingerprint density at radius 3 is 2.18 bits per heavy atom. The van der Waals surface area contributed by atoms with Gasteiger partial charge in [0.2, 0.25) is 23.5 Å². The molecule has 4 rings (SSSR count). The van der Waals surface area contributed by atoms with Gasteiger partial charge in [-0.15, -0.1) is 0 Å². The van der Waals surface area contributed by atoms with Crippen molar-refractivity contribution in [3.05, 3.63) is 72.3 Å². The Morgan fingerprint density at radius 1 is 0.891 bits per heavy atom. The second-order valence-electron chi connectivity index (χ2n) is 14.5. The van der Waals surface area contributed by atoms with Gasteiger partial charge in [0.1, 0.15) is 23.8 Å². The fourth-order valence-electron chi connectivity index (χ4n) is 6.41. The lowest BCUT2D eigenvalue weighted by Gasteiger charge is -2.32. The minimum atomic E-state index is -4.52.